The summed E-state index contributed by atoms with van der Waals surface area (Å²) in [6.07, 6.45) is 3.46. The van der Waals surface area contributed by atoms with Crippen LogP contribution < -0.4 is 10.5 Å². The van der Waals surface area contributed by atoms with Gasteiger partial charge in [0.15, 0.2) is 0 Å². The van der Waals surface area contributed by atoms with Gasteiger partial charge in [-0.3, -0.25) is 4.79 Å². The fourth-order valence-electron chi connectivity index (χ4n) is 4.14. The average molecular weight is 338 g/mol. The summed E-state index contributed by atoms with van der Waals surface area (Å²) in [6.45, 7) is 6.06. The van der Waals surface area contributed by atoms with Crippen LogP contribution in [0.5, 0.6) is 0 Å². The van der Waals surface area contributed by atoms with Crippen molar-refractivity contribution in [2.45, 2.75) is 44.8 Å². The predicted octanol–water partition coefficient (Wildman–Crippen LogP) is 0.745. The van der Waals surface area contributed by atoms with E-state index in [1.54, 1.807) is 6.07 Å². The van der Waals surface area contributed by atoms with Crippen molar-refractivity contribution in [2.24, 2.45) is 5.92 Å². The number of hydrogen-bond acceptors (Lipinski definition) is 3. The van der Waals surface area contributed by atoms with E-state index in [0.29, 0.717) is 11.8 Å². The number of thioether (sulfide) groups is 1. The fourth-order valence-corrected chi connectivity index (χ4v) is 5.19. The summed E-state index contributed by atoms with van der Waals surface area (Å²) in [4.78, 5) is 13.6. The Bertz CT molecular complexity index is 574. The van der Waals surface area contributed by atoms with E-state index in [4.69, 9.17) is 0 Å². The quantitative estimate of drug-likeness (QED) is 0.722. The second kappa shape index (κ2) is 7.86. The number of aliphatic hydroxyl groups is 1. The molecule has 0 spiro atoms. The first-order valence-corrected chi connectivity index (χ1v) is 10.1. The van der Waals surface area contributed by atoms with Crippen LogP contribution in [0.4, 0.5) is 0 Å². The Morgan fingerprint density at radius 3 is 3.13 bits per heavy atom. The SMILES string of the molecule is CCCCSC[C@H](O)C[NH+]1C[C@@H]2C[C@H](C1)c1cccc(=O)n1C2. The van der Waals surface area contributed by atoms with Crippen molar-refractivity contribution in [1.82, 2.24) is 4.57 Å². The molecule has 0 aliphatic carbocycles. The molecule has 2 aliphatic rings. The number of piperidine rings is 1. The Balaban J connectivity index is 1.56. The predicted molar refractivity (Wildman–Crippen MR) is 95.4 cm³/mol. The summed E-state index contributed by atoms with van der Waals surface area (Å²) >= 11 is 1.88. The Hall–Kier alpha value is -0.780. The van der Waals surface area contributed by atoms with Crippen LogP contribution in [-0.2, 0) is 6.54 Å². The number of aliphatic hydroxyl groups excluding tert-OH is 1. The van der Waals surface area contributed by atoms with E-state index in [9.17, 15) is 9.90 Å². The molecule has 5 heteroatoms. The summed E-state index contributed by atoms with van der Waals surface area (Å²) in [5.41, 5.74) is 1.35. The number of hydrogen-bond donors (Lipinski definition) is 2. The molecule has 1 fully saturated rings. The lowest BCUT2D eigenvalue weighted by Gasteiger charge is -2.40. The van der Waals surface area contributed by atoms with Gasteiger partial charge in [0.05, 0.1) is 13.1 Å². The summed E-state index contributed by atoms with van der Waals surface area (Å²) < 4.78 is 1.98. The van der Waals surface area contributed by atoms with Crippen LogP contribution in [0.2, 0.25) is 0 Å². The van der Waals surface area contributed by atoms with Gasteiger partial charge in [-0.15, -0.1) is 0 Å². The van der Waals surface area contributed by atoms with Crippen molar-refractivity contribution >= 4 is 11.8 Å². The number of quaternary nitrogens is 1. The minimum atomic E-state index is -0.205. The summed E-state index contributed by atoms with van der Waals surface area (Å²) in [5.74, 6) is 3.07. The van der Waals surface area contributed by atoms with Crippen molar-refractivity contribution in [1.29, 1.82) is 0 Å². The minimum absolute atomic E-state index is 0.146. The van der Waals surface area contributed by atoms with Crippen LogP contribution >= 0.6 is 11.8 Å². The van der Waals surface area contributed by atoms with E-state index in [1.165, 1.54) is 29.9 Å². The maximum absolute atomic E-state index is 12.0. The number of aromatic nitrogens is 1. The van der Waals surface area contributed by atoms with Crippen LogP contribution in [-0.4, -0.2) is 46.9 Å². The Labute approximate surface area is 142 Å². The van der Waals surface area contributed by atoms with E-state index >= 15 is 0 Å². The smallest absolute Gasteiger partial charge is 0.250 e. The average Bonchev–Trinajstić information content (AvgIpc) is 2.53. The Morgan fingerprint density at radius 1 is 1.43 bits per heavy atom. The molecule has 2 aliphatic heterocycles. The molecule has 23 heavy (non-hydrogen) atoms. The molecule has 4 nitrogen and oxygen atoms in total. The lowest BCUT2D eigenvalue weighted by atomic mass is 9.83. The molecule has 1 aromatic rings. The van der Waals surface area contributed by atoms with E-state index < -0.39 is 0 Å². The number of nitrogens with one attached hydrogen (secondary N) is 1. The van der Waals surface area contributed by atoms with Gasteiger partial charge >= 0.3 is 0 Å². The van der Waals surface area contributed by atoms with Crippen molar-refractivity contribution < 1.29 is 10.0 Å². The molecule has 0 saturated carbocycles. The first-order chi connectivity index (χ1) is 11.2. The van der Waals surface area contributed by atoms with Crippen molar-refractivity contribution in [3.05, 3.63) is 34.2 Å². The normalized spacial score (nSPS) is 27.5. The molecule has 0 amide bonds. The van der Waals surface area contributed by atoms with Crippen LogP contribution in [0.15, 0.2) is 23.0 Å². The standard InChI is InChI=1S/C18H28N2O2S/c1-2-3-7-23-13-16(21)12-19-9-14-8-15(11-19)17-5-4-6-18(22)20(17)10-14/h4-6,14-16,21H,2-3,7-13H2,1H3/p+1/t14-,15+,16+/m0/s1. The highest BCUT2D eigenvalue weighted by molar-refractivity contribution is 7.99. The van der Waals surface area contributed by atoms with E-state index in [2.05, 4.69) is 13.0 Å². The Morgan fingerprint density at radius 2 is 2.30 bits per heavy atom. The first-order valence-electron chi connectivity index (χ1n) is 8.96. The largest absolute Gasteiger partial charge is 0.386 e. The highest BCUT2D eigenvalue weighted by Gasteiger charge is 2.37. The molecule has 128 valence electrons. The third kappa shape index (κ3) is 4.20. The van der Waals surface area contributed by atoms with Gasteiger partial charge in [-0.1, -0.05) is 19.4 Å². The van der Waals surface area contributed by atoms with Gasteiger partial charge < -0.3 is 14.6 Å². The lowest BCUT2D eigenvalue weighted by molar-refractivity contribution is -0.913. The highest BCUT2D eigenvalue weighted by Crippen LogP contribution is 2.29. The number of rotatable bonds is 7. The zero-order chi connectivity index (χ0) is 16.2. The van der Waals surface area contributed by atoms with Gasteiger partial charge in [-0.2, -0.15) is 11.8 Å². The van der Waals surface area contributed by atoms with Gasteiger partial charge in [0.2, 0.25) is 0 Å². The monoisotopic (exact) mass is 337 g/mol. The third-order valence-electron chi connectivity index (χ3n) is 5.15. The number of nitrogens with zero attached hydrogens (tertiary/aromatic N) is 1. The highest BCUT2D eigenvalue weighted by atomic mass is 32.2. The maximum Gasteiger partial charge on any atom is 0.250 e. The third-order valence-corrected chi connectivity index (χ3v) is 6.35. The molecule has 4 atom stereocenters. The second-order valence-electron chi connectivity index (χ2n) is 7.14. The molecule has 0 radical (unpaired) electrons. The molecule has 2 bridgehead atoms. The molecule has 0 aromatic carbocycles. The maximum atomic E-state index is 12.0. The first kappa shape index (κ1) is 17.1. The zero-order valence-electron chi connectivity index (χ0n) is 14.0. The molecule has 1 aromatic heterocycles. The van der Waals surface area contributed by atoms with E-state index in [1.807, 2.05) is 22.4 Å². The van der Waals surface area contributed by atoms with Crippen LogP contribution in [0.3, 0.4) is 0 Å². The van der Waals surface area contributed by atoms with Crippen molar-refractivity contribution in [3.8, 4) is 0 Å². The van der Waals surface area contributed by atoms with Gasteiger partial charge in [0, 0.05) is 35.9 Å². The molecule has 1 saturated heterocycles. The van der Waals surface area contributed by atoms with Crippen LogP contribution in [0.1, 0.15) is 37.8 Å². The van der Waals surface area contributed by atoms with Gasteiger partial charge in [0.25, 0.3) is 5.56 Å². The number of unbranched alkanes of at least 4 members (excludes halogenated alkanes) is 1. The molecular weight excluding hydrogens is 308 g/mol. The molecule has 3 rings (SSSR count). The van der Waals surface area contributed by atoms with E-state index in [0.717, 1.165) is 37.7 Å². The molecule has 2 N–H and O–H groups in total. The zero-order valence-corrected chi connectivity index (χ0v) is 14.9. The summed E-state index contributed by atoms with van der Waals surface area (Å²) in [7, 11) is 0. The number of likely N-dealkylation sites (tertiary alicyclic amines) is 1. The van der Waals surface area contributed by atoms with Gasteiger partial charge in [-0.05, 0) is 24.7 Å². The minimum Gasteiger partial charge on any atom is -0.386 e. The van der Waals surface area contributed by atoms with E-state index in [-0.39, 0.29) is 11.7 Å². The van der Waals surface area contributed by atoms with Gasteiger partial charge in [0.1, 0.15) is 12.6 Å². The molecule has 3 heterocycles. The fraction of sp³-hybridized carbons (Fsp3) is 0.722. The van der Waals surface area contributed by atoms with Crippen LogP contribution in [0, 0.1) is 5.92 Å². The number of fused-ring (bicyclic) bond motifs is 4. The molecular formula is C18H29N2O2S+. The van der Waals surface area contributed by atoms with Crippen molar-refractivity contribution in [3.63, 3.8) is 0 Å². The summed E-state index contributed by atoms with van der Waals surface area (Å²) in [5, 5.41) is 10.3. The van der Waals surface area contributed by atoms with Gasteiger partial charge in [-0.25, -0.2) is 0 Å². The number of pyridine rings is 1. The lowest BCUT2D eigenvalue weighted by Crippen LogP contribution is -3.15. The summed E-state index contributed by atoms with van der Waals surface area (Å²) in [6, 6.07) is 5.68. The van der Waals surface area contributed by atoms with Crippen molar-refractivity contribution in [2.75, 3.05) is 31.1 Å². The topological polar surface area (TPSA) is 46.7 Å². The Kier molecular flexibility index (Phi) is 5.83. The second-order valence-corrected chi connectivity index (χ2v) is 8.29. The van der Waals surface area contributed by atoms with Crippen LogP contribution in [0.25, 0.3) is 0 Å². The molecule has 1 unspecified atom stereocenters.